The highest BCUT2D eigenvalue weighted by molar-refractivity contribution is 9.10. The molecule has 2 aromatic rings. The molecule has 0 saturated heterocycles. The monoisotopic (exact) mass is 389 g/mol. The van der Waals surface area contributed by atoms with Gasteiger partial charge in [-0.05, 0) is 51.6 Å². The van der Waals surface area contributed by atoms with Gasteiger partial charge < -0.3 is 10.4 Å². The predicted octanol–water partition coefficient (Wildman–Crippen LogP) is 4.51. The van der Waals surface area contributed by atoms with Gasteiger partial charge in [-0.3, -0.25) is 0 Å². The highest BCUT2D eigenvalue weighted by atomic mass is 79.9. The minimum absolute atomic E-state index is 0.749. The Morgan fingerprint density at radius 3 is 2.39 bits per heavy atom. The van der Waals surface area contributed by atoms with Crippen molar-refractivity contribution in [3.8, 4) is 0 Å². The SMILES string of the molecule is O=C(O)C(Nc1ccc(Br)cc1)c1sccc1Br. The Morgan fingerprint density at radius 1 is 1.22 bits per heavy atom. The summed E-state index contributed by atoms with van der Waals surface area (Å²) in [5.41, 5.74) is 0.769. The fraction of sp³-hybridized carbons (Fsp3) is 0.0833. The smallest absolute Gasteiger partial charge is 0.331 e. The van der Waals surface area contributed by atoms with Gasteiger partial charge in [-0.25, -0.2) is 4.79 Å². The van der Waals surface area contributed by atoms with E-state index in [9.17, 15) is 9.90 Å². The molecular formula is C12H9Br2NO2S. The lowest BCUT2D eigenvalue weighted by molar-refractivity contribution is -0.138. The molecule has 3 nitrogen and oxygen atoms in total. The van der Waals surface area contributed by atoms with E-state index >= 15 is 0 Å². The van der Waals surface area contributed by atoms with Crippen molar-refractivity contribution in [3.63, 3.8) is 0 Å². The number of carboxylic acid groups (broad SMARTS) is 1. The average Bonchev–Trinajstić information content (AvgIpc) is 2.74. The van der Waals surface area contributed by atoms with Crippen LogP contribution in [0.5, 0.6) is 0 Å². The molecule has 1 unspecified atom stereocenters. The van der Waals surface area contributed by atoms with Crippen LogP contribution in [0.25, 0.3) is 0 Å². The van der Waals surface area contributed by atoms with Crippen LogP contribution in [0.2, 0.25) is 0 Å². The van der Waals surface area contributed by atoms with Crippen LogP contribution >= 0.6 is 43.2 Å². The summed E-state index contributed by atoms with van der Waals surface area (Å²) in [5.74, 6) is -0.902. The number of aliphatic carboxylic acids is 1. The van der Waals surface area contributed by atoms with E-state index < -0.39 is 12.0 Å². The van der Waals surface area contributed by atoms with Gasteiger partial charge in [-0.2, -0.15) is 0 Å². The van der Waals surface area contributed by atoms with Crippen molar-refractivity contribution in [1.82, 2.24) is 0 Å². The first-order valence-corrected chi connectivity index (χ1v) is 7.52. The third-order valence-electron chi connectivity index (χ3n) is 2.31. The fourth-order valence-corrected chi connectivity index (χ4v) is 3.37. The van der Waals surface area contributed by atoms with Crippen molar-refractivity contribution in [1.29, 1.82) is 0 Å². The number of hydrogen-bond donors (Lipinski definition) is 2. The van der Waals surface area contributed by atoms with Gasteiger partial charge in [0.25, 0.3) is 0 Å². The highest BCUT2D eigenvalue weighted by Gasteiger charge is 2.23. The Hall–Kier alpha value is -0.850. The number of thiophene rings is 1. The summed E-state index contributed by atoms with van der Waals surface area (Å²) in [5, 5.41) is 14.2. The van der Waals surface area contributed by atoms with Crippen LogP contribution in [-0.2, 0) is 4.79 Å². The molecule has 0 aliphatic heterocycles. The van der Waals surface area contributed by atoms with Crippen LogP contribution in [0.4, 0.5) is 5.69 Å². The molecule has 0 aliphatic carbocycles. The van der Waals surface area contributed by atoms with E-state index in [2.05, 4.69) is 37.2 Å². The summed E-state index contributed by atoms with van der Waals surface area (Å²) in [4.78, 5) is 12.1. The van der Waals surface area contributed by atoms with Crippen LogP contribution in [0.3, 0.4) is 0 Å². The summed E-state index contributed by atoms with van der Waals surface area (Å²) in [6, 6.07) is 8.50. The molecule has 6 heteroatoms. The van der Waals surface area contributed by atoms with E-state index in [1.807, 2.05) is 35.7 Å². The van der Waals surface area contributed by atoms with E-state index in [1.54, 1.807) is 0 Å². The largest absolute Gasteiger partial charge is 0.479 e. The molecule has 0 amide bonds. The van der Waals surface area contributed by atoms with E-state index in [-0.39, 0.29) is 0 Å². The van der Waals surface area contributed by atoms with Crippen molar-refractivity contribution in [2.24, 2.45) is 0 Å². The molecule has 2 rings (SSSR count). The van der Waals surface area contributed by atoms with Gasteiger partial charge in [-0.15, -0.1) is 11.3 Å². The molecule has 94 valence electrons. The molecule has 1 atom stereocenters. The van der Waals surface area contributed by atoms with Gasteiger partial charge >= 0.3 is 5.97 Å². The predicted molar refractivity (Wildman–Crippen MR) is 80.2 cm³/mol. The maximum absolute atomic E-state index is 11.3. The first-order chi connectivity index (χ1) is 8.58. The third-order valence-corrected chi connectivity index (χ3v) is 4.77. The van der Waals surface area contributed by atoms with Crippen LogP contribution in [0, 0.1) is 0 Å². The number of nitrogens with one attached hydrogen (secondary N) is 1. The maximum Gasteiger partial charge on any atom is 0.331 e. The van der Waals surface area contributed by atoms with E-state index in [1.165, 1.54) is 11.3 Å². The molecule has 1 heterocycles. The Balaban J connectivity index is 2.25. The Labute approximate surface area is 125 Å². The van der Waals surface area contributed by atoms with Crippen molar-refractivity contribution in [2.75, 3.05) is 5.32 Å². The van der Waals surface area contributed by atoms with Crippen molar-refractivity contribution in [2.45, 2.75) is 6.04 Å². The number of rotatable bonds is 4. The molecule has 0 radical (unpaired) electrons. The molecular weight excluding hydrogens is 382 g/mol. The van der Waals surface area contributed by atoms with Gasteiger partial charge in [0.1, 0.15) is 0 Å². The Kier molecular flexibility index (Phi) is 4.42. The van der Waals surface area contributed by atoms with Crippen LogP contribution in [-0.4, -0.2) is 11.1 Å². The first kappa shape index (κ1) is 13.6. The standard InChI is InChI=1S/C12H9Br2NO2S/c13-7-1-3-8(4-2-7)15-10(12(16)17)11-9(14)5-6-18-11/h1-6,10,15H,(H,16,17). The minimum atomic E-state index is -0.902. The maximum atomic E-state index is 11.3. The topological polar surface area (TPSA) is 49.3 Å². The molecule has 0 spiro atoms. The molecule has 1 aromatic carbocycles. The second-order valence-electron chi connectivity index (χ2n) is 3.56. The number of benzene rings is 1. The minimum Gasteiger partial charge on any atom is -0.479 e. The summed E-state index contributed by atoms with van der Waals surface area (Å²) in [6.45, 7) is 0. The van der Waals surface area contributed by atoms with Gasteiger partial charge in [0.05, 0.1) is 4.88 Å². The fourth-order valence-electron chi connectivity index (χ4n) is 1.46. The zero-order valence-electron chi connectivity index (χ0n) is 9.06. The summed E-state index contributed by atoms with van der Waals surface area (Å²) >= 11 is 8.11. The lowest BCUT2D eigenvalue weighted by atomic mass is 10.2. The quantitative estimate of drug-likeness (QED) is 0.807. The lowest BCUT2D eigenvalue weighted by Crippen LogP contribution is -2.19. The molecule has 2 N–H and O–H groups in total. The summed E-state index contributed by atoms with van der Waals surface area (Å²) < 4.78 is 1.77. The Morgan fingerprint density at radius 2 is 1.89 bits per heavy atom. The van der Waals surface area contributed by atoms with Gasteiger partial charge in [0.15, 0.2) is 6.04 Å². The molecule has 0 aliphatic rings. The normalized spacial score (nSPS) is 12.1. The molecule has 0 bridgehead atoms. The number of carbonyl (C=O) groups is 1. The van der Waals surface area contributed by atoms with Gasteiger partial charge in [-0.1, -0.05) is 15.9 Å². The number of hydrogen-bond acceptors (Lipinski definition) is 3. The van der Waals surface area contributed by atoms with Crippen molar-refractivity contribution < 1.29 is 9.90 Å². The van der Waals surface area contributed by atoms with E-state index in [0.717, 1.165) is 19.5 Å². The lowest BCUT2D eigenvalue weighted by Gasteiger charge is -2.15. The highest BCUT2D eigenvalue weighted by Crippen LogP contribution is 2.31. The second-order valence-corrected chi connectivity index (χ2v) is 6.27. The van der Waals surface area contributed by atoms with Gasteiger partial charge in [0.2, 0.25) is 0 Å². The average molecular weight is 391 g/mol. The molecule has 0 saturated carbocycles. The van der Waals surface area contributed by atoms with Crippen LogP contribution in [0.15, 0.2) is 44.7 Å². The summed E-state index contributed by atoms with van der Waals surface area (Å²) in [6.07, 6.45) is 0. The number of carboxylic acids is 1. The first-order valence-electron chi connectivity index (χ1n) is 5.05. The zero-order valence-corrected chi connectivity index (χ0v) is 13.0. The van der Waals surface area contributed by atoms with E-state index in [0.29, 0.717) is 0 Å². The summed E-state index contributed by atoms with van der Waals surface area (Å²) in [7, 11) is 0. The second kappa shape index (κ2) is 5.86. The zero-order chi connectivity index (χ0) is 13.1. The molecule has 18 heavy (non-hydrogen) atoms. The van der Waals surface area contributed by atoms with Crippen LogP contribution in [0.1, 0.15) is 10.9 Å². The third kappa shape index (κ3) is 3.13. The van der Waals surface area contributed by atoms with Crippen molar-refractivity contribution in [3.05, 3.63) is 49.5 Å². The van der Waals surface area contributed by atoms with Gasteiger partial charge in [0, 0.05) is 14.6 Å². The molecule has 1 aromatic heterocycles. The number of anilines is 1. The Bertz CT molecular complexity index is 553. The van der Waals surface area contributed by atoms with Crippen molar-refractivity contribution >= 4 is 54.9 Å². The van der Waals surface area contributed by atoms with E-state index in [4.69, 9.17) is 0 Å². The van der Waals surface area contributed by atoms with Crippen LogP contribution < -0.4 is 5.32 Å². The number of halogens is 2. The molecule has 0 fully saturated rings.